The molecule has 0 amide bonds. The molecule has 0 saturated carbocycles. The molecular formula is C14H19N3. The molecule has 0 spiro atoms. The van der Waals surface area contributed by atoms with Crippen molar-refractivity contribution < 1.29 is 0 Å². The third kappa shape index (κ3) is 2.27. The summed E-state index contributed by atoms with van der Waals surface area (Å²) < 4.78 is 0. The fourth-order valence-corrected chi connectivity index (χ4v) is 2.46. The van der Waals surface area contributed by atoms with Crippen molar-refractivity contribution in [3.05, 3.63) is 29.3 Å². The molecule has 2 rings (SSSR count). The average molecular weight is 229 g/mol. The highest BCUT2D eigenvalue weighted by Crippen LogP contribution is 2.28. The molecule has 0 radical (unpaired) electrons. The lowest BCUT2D eigenvalue weighted by atomic mass is 9.91. The van der Waals surface area contributed by atoms with Gasteiger partial charge in [-0.25, -0.2) is 0 Å². The van der Waals surface area contributed by atoms with Crippen LogP contribution < -0.4 is 10.6 Å². The number of anilines is 1. The topological polar surface area (TPSA) is 53.0 Å². The van der Waals surface area contributed by atoms with E-state index in [1.807, 2.05) is 0 Å². The summed E-state index contributed by atoms with van der Waals surface area (Å²) >= 11 is 0. The van der Waals surface area contributed by atoms with E-state index >= 15 is 0 Å². The molecule has 1 heterocycles. The smallest absolute Gasteiger partial charge is 0.121 e. The summed E-state index contributed by atoms with van der Waals surface area (Å²) in [7, 11) is 0. The van der Waals surface area contributed by atoms with E-state index in [4.69, 9.17) is 11.0 Å². The summed E-state index contributed by atoms with van der Waals surface area (Å²) in [6.07, 6.45) is 1.78. The minimum Gasteiger partial charge on any atom is -0.368 e. The van der Waals surface area contributed by atoms with Crippen molar-refractivity contribution >= 4 is 5.69 Å². The number of aryl methyl sites for hydroxylation is 1. The van der Waals surface area contributed by atoms with Crippen molar-refractivity contribution in [1.82, 2.24) is 0 Å². The molecule has 1 unspecified atom stereocenters. The fourth-order valence-electron chi connectivity index (χ4n) is 2.46. The summed E-state index contributed by atoms with van der Waals surface area (Å²) in [5.41, 5.74) is 9.17. The Balaban J connectivity index is 2.29. The number of rotatable bonds is 1. The Kier molecular flexibility index (Phi) is 3.08. The van der Waals surface area contributed by atoms with Gasteiger partial charge < -0.3 is 10.6 Å². The monoisotopic (exact) mass is 229 g/mol. The van der Waals surface area contributed by atoms with E-state index in [0.717, 1.165) is 19.4 Å². The molecule has 0 bridgehead atoms. The van der Waals surface area contributed by atoms with E-state index in [1.54, 1.807) is 0 Å². The van der Waals surface area contributed by atoms with Gasteiger partial charge in [-0.2, -0.15) is 5.26 Å². The van der Waals surface area contributed by atoms with E-state index in [0.29, 0.717) is 6.54 Å². The third-order valence-corrected chi connectivity index (χ3v) is 3.66. The summed E-state index contributed by atoms with van der Waals surface area (Å²) in [5.74, 6) is 0. The molecule has 1 atom stereocenters. The van der Waals surface area contributed by atoms with Gasteiger partial charge in [-0.3, -0.25) is 0 Å². The van der Waals surface area contributed by atoms with Crippen molar-refractivity contribution in [2.75, 3.05) is 18.0 Å². The van der Waals surface area contributed by atoms with Gasteiger partial charge in [0.25, 0.3) is 0 Å². The van der Waals surface area contributed by atoms with Crippen LogP contribution >= 0.6 is 0 Å². The Morgan fingerprint density at radius 3 is 2.88 bits per heavy atom. The number of nitriles is 1. The minimum atomic E-state index is -0.686. The van der Waals surface area contributed by atoms with Gasteiger partial charge in [0.2, 0.25) is 0 Å². The van der Waals surface area contributed by atoms with Gasteiger partial charge >= 0.3 is 0 Å². The maximum Gasteiger partial charge on any atom is 0.121 e. The van der Waals surface area contributed by atoms with Gasteiger partial charge in [-0.1, -0.05) is 12.1 Å². The minimum absolute atomic E-state index is 0.633. The summed E-state index contributed by atoms with van der Waals surface area (Å²) in [4.78, 5) is 2.25. The number of hydrogen-bond donors (Lipinski definition) is 1. The van der Waals surface area contributed by atoms with E-state index in [2.05, 4.69) is 43.0 Å². The lowest BCUT2D eigenvalue weighted by Gasteiger charge is -2.38. The molecule has 0 aliphatic carbocycles. The number of hydrogen-bond acceptors (Lipinski definition) is 3. The highest BCUT2D eigenvalue weighted by molar-refractivity contribution is 5.57. The van der Waals surface area contributed by atoms with Crippen LogP contribution in [0.1, 0.15) is 24.0 Å². The normalized spacial score (nSPS) is 24.5. The molecular weight excluding hydrogens is 210 g/mol. The second-order valence-electron chi connectivity index (χ2n) is 5.01. The van der Waals surface area contributed by atoms with Crippen LogP contribution in [0.3, 0.4) is 0 Å². The third-order valence-electron chi connectivity index (χ3n) is 3.66. The molecule has 1 aliphatic rings. The number of piperidine rings is 1. The van der Waals surface area contributed by atoms with Crippen molar-refractivity contribution in [2.45, 2.75) is 32.2 Å². The predicted molar refractivity (Wildman–Crippen MR) is 69.9 cm³/mol. The largest absolute Gasteiger partial charge is 0.368 e. The van der Waals surface area contributed by atoms with E-state index in [-0.39, 0.29) is 0 Å². The molecule has 1 saturated heterocycles. The van der Waals surface area contributed by atoms with Gasteiger partial charge in [0.15, 0.2) is 0 Å². The molecule has 2 N–H and O–H groups in total. The molecule has 3 heteroatoms. The van der Waals surface area contributed by atoms with Gasteiger partial charge in [0.1, 0.15) is 5.54 Å². The number of nitrogens with zero attached hydrogens (tertiary/aromatic N) is 2. The fraction of sp³-hybridized carbons (Fsp3) is 0.500. The Bertz CT molecular complexity index is 461. The molecule has 3 nitrogen and oxygen atoms in total. The van der Waals surface area contributed by atoms with Crippen LogP contribution in [-0.2, 0) is 0 Å². The Morgan fingerprint density at radius 2 is 2.18 bits per heavy atom. The lowest BCUT2D eigenvalue weighted by molar-refractivity contribution is 0.424. The second kappa shape index (κ2) is 4.38. The first-order chi connectivity index (χ1) is 8.06. The SMILES string of the molecule is Cc1cccc(N2CCCC(N)(C#N)C2)c1C. The van der Waals surface area contributed by atoms with Gasteiger partial charge in [-0.05, 0) is 43.9 Å². The van der Waals surface area contributed by atoms with Crippen LogP contribution in [0.15, 0.2) is 18.2 Å². The Labute approximate surface area is 103 Å². The molecule has 1 aliphatic heterocycles. The van der Waals surface area contributed by atoms with Crippen molar-refractivity contribution in [3.8, 4) is 6.07 Å². The number of benzene rings is 1. The summed E-state index contributed by atoms with van der Waals surface area (Å²) in [6.45, 7) is 5.87. The molecule has 1 fully saturated rings. The van der Waals surface area contributed by atoms with Gasteiger partial charge in [0, 0.05) is 18.8 Å². The molecule has 1 aromatic carbocycles. The summed E-state index contributed by atoms with van der Waals surface area (Å²) in [5, 5.41) is 9.14. The maximum absolute atomic E-state index is 9.14. The maximum atomic E-state index is 9.14. The first-order valence-corrected chi connectivity index (χ1v) is 6.07. The Hall–Kier alpha value is -1.53. The van der Waals surface area contributed by atoms with Gasteiger partial charge in [0.05, 0.1) is 6.07 Å². The van der Waals surface area contributed by atoms with Gasteiger partial charge in [-0.15, -0.1) is 0 Å². The molecule has 17 heavy (non-hydrogen) atoms. The summed E-state index contributed by atoms with van der Waals surface area (Å²) in [6, 6.07) is 8.55. The van der Waals surface area contributed by atoms with Crippen LogP contribution in [0.4, 0.5) is 5.69 Å². The van der Waals surface area contributed by atoms with Crippen LogP contribution in [0, 0.1) is 25.2 Å². The van der Waals surface area contributed by atoms with Crippen molar-refractivity contribution in [1.29, 1.82) is 5.26 Å². The van der Waals surface area contributed by atoms with E-state index in [1.165, 1.54) is 16.8 Å². The highest BCUT2D eigenvalue weighted by atomic mass is 15.2. The first-order valence-electron chi connectivity index (χ1n) is 6.07. The molecule has 1 aromatic rings. The second-order valence-corrected chi connectivity index (χ2v) is 5.01. The van der Waals surface area contributed by atoms with E-state index in [9.17, 15) is 0 Å². The van der Waals surface area contributed by atoms with Crippen molar-refractivity contribution in [3.63, 3.8) is 0 Å². The van der Waals surface area contributed by atoms with E-state index < -0.39 is 5.54 Å². The zero-order chi connectivity index (χ0) is 12.5. The zero-order valence-corrected chi connectivity index (χ0v) is 10.5. The molecule has 0 aromatic heterocycles. The Morgan fingerprint density at radius 1 is 1.41 bits per heavy atom. The average Bonchev–Trinajstić information content (AvgIpc) is 2.33. The van der Waals surface area contributed by atoms with Crippen LogP contribution in [0.25, 0.3) is 0 Å². The quantitative estimate of drug-likeness (QED) is 0.802. The zero-order valence-electron chi connectivity index (χ0n) is 10.5. The van der Waals surface area contributed by atoms with Crippen LogP contribution in [0.2, 0.25) is 0 Å². The predicted octanol–water partition coefficient (Wildman–Crippen LogP) is 2.12. The standard InChI is InChI=1S/C14H19N3/c1-11-5-3-6-13(12(11)2)17-8-4-7-14(16,9-15)10-17/h3,5-6H,4,7-8,10,16H2,1-2H3. The lowest BCUT2D eigenvalue weighted by Crippen LogP contribution is -2.53. The van der Waals surface area contributed by atoms with Crippen molar-refractivity contribution in [2.24, 2.45) is 5.73 Å². The first kappa shape index (κ1) is 11.9. The van der Waals surface area contributed by atoms with Crippen LogP contribution in [-0.4, -0.2) is 18.6 Å². The van der Waals surface area contributed by atoms with Crippen LogP contribution in [0.5, 0.6) is 0 Å². The molecule has 90 valence electrons. The number of nitrogens with two attached hydrogens (primary N) is 1. The highest BCUT2D eigenvalue weighted by Gasteiger charge is 2.32.